The summed E-state index contributed by atoms with van der Waals surface area (Å²) in [5.74, 6) is 1.13. The minimum atomic E-state index is 0.362. The van der Waals surface area contributed by atoms with E-state index in [2.05, 4.69) is 20.3 Å². The number of hydrogen-bond acceptors (Lipinski definition) is 6. The Morgan fingerprint density at radius 2 is 2.05 bits per heavy atom. The van der Waals surface area contributed by atoms with Gasteiger partial charge in [0, 0.05) is 31.0 Å². The van der Waals surface area contributed by atoms with E-state index >= 15 is 0 Å². The molecule has 7 heteroatoms. The number of nitrogens with two attached hydrogens (primary N) is 1. The predicted octanol–water partition coefficient (Wildman–Crippen LogP) is 2.37. The Balaban J connectivity index is 1.83. The molecule has 0 saturated carbocycles. The zero-order valence-electron chi connectivity index (χ0n) is 11.4. The maximum atomic E-state index is 6.15. The van der Waals surface area contributed by atoms with Gasteiger partial charge in [-0.15, -0.1) is 0 Å². The van der Waals surface area contributed by atoms with Crippen LogP contribution in [0.25, 0.3) is 11.3 Å². The molecule has 1 aliphatic rings. The Morgan fingerprint density at radius 1 is 1.24 bits per heavy atom. The molecule has 1 saturated heterocycles. The Hall–Kier alpha value is -1.92. The summed E-state index contributed by atoms with van der Waals surface area (Å²) >= 11 is 6.15. The lowest BCUT2D eigenvalue weighted by atomic mass is 10.1. The second kappa shape index (κ2) is 6.24. The first-order chi connectivity index (χ1) is 10.2. The smallest absolute Gasteiger partial charge is 0.145 e. The van der Waals surface area contributed by atoms with E-state index in [9.17, 15) is 0 Å². The van der Waals surface area contributed by atoms with Gasteiger partial charge in [0.2, 0.25) is 0 Å². The average molecular weight is 306 g/mol. The fraction of sp³-hybridized carbons (Fsp3) is 0.357. The molecule has 3 rings (SSSR count). The van der Waals surface area contributed by atoms with Crippen LogP contribution in [-0.2, 0) is 4.74 Å². The molecule has 0 amide bonds. The third-order valence-electron chi connectivity index (χ3n) is 3.36. The highest BCUT2D eigenvalue weighted by Gasteiger charge is 2.15. The highest BCUT2D eigenvalue weighted by molar-refractivity contribution is 6.33. The van der Waals surface area contributed by atoms with Crippen molar-refractivity contribution in [2.45, 2.75) is 18.9 Å². The maximum Gasteiger partial charge on any atom is 0.145 e. The van der Waals surface area contributed by atoms with Gasteiger partial charge in [-0.1, -0.05) is 11.6 Å². The van der Waals surface area contributed by atoms with Crippen molar-refractivity contribution in [2.75, 3.05) is 24.3 Å². The molecule has 110 valence electrons. The molecule has 2 aromatic rings. The van der Waals surface area contributed by atoms with E-state index in [4.69, 9.17) is 22.1 Å². The first-order valence-electron chi connectivity index (χ1n) is 6.80. The van der Waals surface area contributed by atoms with Crippen LogP contribution in [0, 0.1) is 0 Å². The van der Waals surface area contributed by atoms with Gasteiger partial charge >= 0.3 is 0 Å². The van der Waals surface area contributed by atoms with Gasteiger partial charge in [0.15, 0.2) is 0 Å². The van der Waals surface area contributed by atoms with Crippen LogP contribution in [0.4, 0.5) is 11.6 Å². The fourth-order valence-electron chi connectivity index (χ4n) is 2.27. The average Bonchev–Trinajstić information content (AvgIpc) is 2.51. The summed E-state index contributed by atoms with van der Waals surface area (Å²) in [5, 5.41) is 3.88. The van der Waals surface area contributed by atoms with Crippen LogP contribution in [0.15, 0.2) is 24.7 Å². The molecule has 0 radical (unpaired) electrons. The number of nitrogen functional groups attached to an aromatic ring is 1. The van der Waals surface area contributed by atoms with Crippen molar-refractivity contribution in [1.82, 2.24) is 15.0 Å². The molecular weight excluding hydrogens is 290 g/mol. The van der Waals surface area contributed by atoms with Crippen molar-refractivity contribution >= 4 is 23.2 Å². The number of pyridine rings is 1. The fourth-order valence-corrected chi connectivity index (χ4v) is 2.47. The molecule has 2 aromatic heterocycles. The summed E-state index contributed by atoms with van der Waals surface area (Å²) in [5.41, 5.74) is 7.11. The van der Waals surface area contributed by atoms with E-state index in [0.29, 0.717) is 22.6 Å². The van der Waals surface area contributed by atoms with Crippen molar-refractivity contribution in [3.05, 3.63) is 29.7 Å². The van der Waals surface area contributed by atoms with Crippen LogP contribution in [0.1, 0.15) is 12.8 Å². The highest BCUT2D eigenvalue weighted by Crippen LogP contribution is 2.27. The highest BCUT2D eigenvalue weighted by atomic mass is 35.5. The van der Waals surface area contributed by atoms with Gasteiger partial charge in [0.05, 0.1) is 23.1 Å². The molecular formula is C14H16ClN5O. The zero-order valence-corrected chi connectivity index (χ0v) is 12.2. The van der Waals surface area contributed by atoms with Crippen molar-refractivity contribution in [3.63, 3.8) is 0 Å². The Bertz CT molecular complexity index is 631. The van der Waals surface area contributed by atoms with Crippen LogP contribution in [0.2, 0.25) is 5.02 Å². The number of rotatable bonds is 3. The van der Waals surface area contributed by atoms with Crippen LogP contribution in [-0.4, -0.2) is 34.2 Å². The number of anilines is 2. The summed E-state index contributed by atoms with van der Waals surface area (Å²) in [6.07, 6.45) is 6.82. The van der Waals surface area contributed by atoms with Crippen molar-refractivity contribution < 1.29 is 4.74 Å². The van der Waals surface area contributed by atoms with Crippen molar-refractivity contribution in [2.24, 2.45) is 0 Å². The molecule has 0 aromatic carbocycles. The Labute approximate surface area is 127 Å². The first-order valence-corrected chi connectivity index (χ1v) is 7.18. The third kappa shape index (κ3) is 3.40. The minimum Gasteiger partial charge on any atom is -0.384 e. The van der Waals surface area contributed by atoms with Crippen LogP contribution in [0.5, 0.6) is 0 Å². The maximum absolute atomic E-state index is 6.15. The molecule has 0 bridgehead atoms. The van der Waals surface area contributed by atoms with E-state index in [1.165, 1.54) is 6.20 Å². The third-order valence-corrected chi connectivity index (χ3v) is 3.66. The van der Waals surface area contributed by atoms with E-state index in [0.717, 1.165) is 37.4 Å². The molecule has 0 atom stereocenters. The van der Waals surface area contributed by atoms with Crippen LogP contribution in [0.3, 0.4) is 0 Å². The number of halogens is 1. The summed E-state index contributed by atoms with van der Waals surface area (Å²) in [6.45, 7) is 1.55. The van der Waals surface area contributed by atoms with Crippen LogP contribution >= 0.6 is 11.6 Å². The van der Waals surface area contributed by atoms with Gasteiger partial charge in [-0.25, -0.2) is 9.97 Å². The monoisotopic (exact) mass is 305 g/mol. The summed E-state index contributed by atoms with van der Waals surface area (Å²) in [4.78, 5) is 12.7. The SMILES string of the molecule is Nc1cc(-c2cncc(NC3CCOCC3)n2)c(Cl)cn1. The van der Waals surface area contributed by atoms with E-state index in [-0.39, 0.29) is 0 Å². The van der Waals surface area contributed by atoms with Gasteiger partial charge in [-0.05, 0) is 18.9 Å². The Kier molecular flexibility index (Phi) is 4.17. The molecule has 0 spiro atoms. The number of ether oxygens (including phenoxy) is 1. The standard InChI is InChI=1S/C14H16ClN5O/c15-11-6-18-13(16)5-10(11)12-7-17-8-14(20-12)19-9-1-3-21-4-2-9/h5-9H,1-4H2,(H2,16,18)(H,19,20). The quantitative estimate of drug-likeness (QED) is 0.905. The second-order valence-electron chi connectivity index (χ2n) is 4.91. The zero-order chi connectivity index (χ0) is 14.7. The molecule has 0 unspecified atom stereocenters. The van der Waals surface area contributed by atoms with Gasteiger partial charge in [0.25, 0.3) is 0 Å². The first kappa shape index (κ1) is 14.0. The van der Waals surface area contributed by atoms with Gasteiger partial charge < -0.3 is 15.8 Å². The van der Waals surface area contributed by atoms with Crippen LogP contribution < -0.4 is 11.1 Å². The van der Waals surface area contributed by atoms with Gasteiger partial charge in [-0.2, -0.15) is 0 Å². The molecule has 0 aliphatic carbocycles. The number of hydrogen-bond donors (Lipinski definition) is 2. The topological polar surface area (TPSA) is 86.0 Å². The lowest BCUT2D eigenvalue weighted by Crippen LogP contribution is -2.28. The molecule has 6 nitrogen and oxygen atoms in total. The molecule has 1 aliphatic heterocycles. The van der Waals surface area contributed by atoms with Gasteiger partial charge in [-0.3, -0.25) is 4.98 Å². The second-order valence-corrected chi connectivity index (χ2v) is 5.32. The lowest BCUT2D eigenvalue weighted by molar-refractivity contribution is 0.0904. The normalized spacial score (nSPS) is 15.9. The number of nitrogens with zero attached hydrogens (tertiary/aromatic N) is 3. The summed E-state index contributed by atoms with van der Waals surface area (Å²) < 4.78 is 5.35. The predicted molar refractivity (Wildman–Crippen MR) is 82.1 cm³/mol. The molecule has 3 heterocycles. The molecule has 21 heavy (non-hydrogen) atoms. The molecule has 3 N–H and O–H groups in total. The largest absolute Gasteiger partial charge is 0.384 e. The number of aromatic nitrogens is 3. The number of nitrogens with one attached hydrogen (secondary N) is 1. The lowest BCUT2D eigenvalue weighted by Gasteiger charge is -2.23. The van der Waals surface area contributed by atoms with Gasteiger partial charge in [0.1, 0.15) is 11.6 Å². The van der Waals surface area contributed by atoms with E-state index in [1.54, 1.807) is 18.5 Å². The minimum absolute atomic E-state index is 0.362. The summed E-state index contributed by atoms with van der Waals surface area (Å²) in [7, 11) is 0. The van der Waals surface area contributed by atoms with E-state index < -0.39 is 0 Å². The molecule has 1 fully saturated rings. The van der Waals surface area contributed by atoms with E-state index in [1.807, 2.05) is 0 Å². The van der Waals surface area contributed by atoms with Crippen molar-refractivity contribution in [3.8, 4) is 11.3 Å². The Morgan fingerprint density at radius 3 is 2.86 bits per heavy atom. The van der Waals surface area contributed by atoms with Crippen molar-refractivity contribution in [1.29, 1.82) is 0 Å². The summed E-state index contributed by atoms with van der Waals surface area (Å²) in [6, 6.07) is 2.06.